The summed E-state index contributed by atoms with van der Waals surface area (Å²) in [5, 5.41) is 4.24. The number of nitrogens with one attached hydrogen (secondary N) is 1. The zero-order chi connectivity index (χ0) is 24.0. The lowest BCUT2D eigenvalue weighted by atomic mass is 9.95. The van der Waals surface area contributed by atoms with Crippen LogP contribution in [0.2, 0.25) is 10.0 Å². The first-order chi connectivity index (χ1) is 15.8. The normalized spacial score (nSPS) is 15.2. The summed E-state index contributed by atoms with van der Waals surface area (Å²) in [7, 11) is 0. The Labute approximate surface area is 207 Å². The molecule has 3 rings (SSSR count). The number of hydrogen-bond acceptors (Lipinski definition) is 2. The van der Waals surface area contributed by atoms with E-state index in [1.165, 1.54) is 12.0 Å². The Morgan fingerprint density at radius 1 is 1.03 bits per heavy atom. The van der Waals surface area contributed by atoms with Crippen molar-refractivity contribution in [3.05, 3.63) is 68.7 Å². The van der Waals surface area contributed by atoms with Gasteiger partial charge in [0.1, 0.15) is 6.04 Å². The first kappa shape index (κ1) is 25.6. The molecule has 6 heteroatoms. The van der Waals surface area contributed by atoms with Crippen LogP contribution in [-0.2, 0) is 22.6 Å². The molecule has 0 radical (unpaired) electrons. The molecular formula is C27H34Cl2N2O2. The molecule has 1 fully saturated rings. The van der Waals surface area contributed by atoms with Gasteiger partial charge in [0.15, 0.2) is 0 Å². The van der Waals surface area contributed by atoms with Gasteiger partial charge in [-0.15, -0.1) is 0 Å². The van der Waals surface area contributed by atoms with Crippen LogP contribution in [0, 0.1) is 13.8 Å². The second kappa shape index (κ2) is 11.9. The minimum Gasteiger partial charge on any atom is -0.352 e. The molecule has 2 aromatic rings. The fraction of sp³-hybridized carbons (Fsp3) is 0.481. The van der Waals surface area contributed by atoms with Crippen LogP contribution in [0.1, 0.15) is 67.7 Å². The number of aryl methyl sites for hydroxylation is 2. The highest BCUT2D eigenvalue weighted by Crippen LogP contribution is 2.25. The van der Waals surface area contributed by atoms with Crippen molar-refractivity contribution in [2.75, 3.05) is 0 Å². The molecule has 1 atom stereocenters. The number of amides is 2. The Bertz CT molecular complexity index is 986. The maximum absolute atomic E-state index is 13.6. The second-order valence-electron chi connectivity index (χ2n) is 9.12. The Morgan fingerprint density at radius 3 is 2.39 bits per heavy atom. The van der Waals surface area contributed by atoms with Gasteiger partial charge in [-0.1, -0.05) is 73.7 Å². The zero-order valence-electron chi connectivity index (χ0n) is 19.8. The van der Waals surface area contributed by atoms with E-state index >= 15 is 0 Å². The van der Waals surface area contributed by atoms with E-state index in [9.17, 15) is 9.59 Å². The number of rotatable bonds is 8. The summed E-state index contributed by atoms with van der Waals surface area (Å²) in [5.74, 6) is -0.169. The Balaban J connectivity index is 1.85. The first-order valence-electron chi connectivity index (χ1n) is 11.9. The molecule has 2 amide bonds. The van der Waals surface area contributed by atoms with Crippen LogP contribution in [0.3, 0.4) is 0 Å². The smallest absolute Gasteiger partial charge is 0.243 e. The zero-order valence-corrected chi connectivity index (χ0v) is 21.3. The van der Waals surface area contributed by atoms with Gasteiger partial charge in [-0.3, -0.25) is 9.59 Å². The molecule has 1 saturated carbocycles. The summed E-state index contributed by atoms with van der Waals surface area (Å²) in [5.41, 5.74) is 4.06. The number of halogens is 2. The molecule has 178 valence electrons. The fourth-order valence-electron chi connectivity index (χ4n) is 4.49. The third kappa shape index (κ3) is 6.97. The highest BCUT2D eigenvalue weighted by molar-refractivity contribution is 6.35. The van der Waals surface area contributed by atoms with E-state index in [4.69, 9.17) is 23.2 Å². The van der Waals surface area contributed by atoms with E-state index in [1.807, 2.05) is 38.1 Å². The Kier molecular flexibility index (Phi) is 9.22. The molecule has 0 aromatic heterocycles. The van der Waals surface area contributed by atoms with Crippen LogP contribution in [0.4, 0.5) is 0 Å². The first-order valence-corrected chi connectivity index (χ1v) is 12.6. The van der Waals surface area contributed by atoms with Crippen LogP contribution in [-0.4, -0.2) is 28.8 Å². The van der Waals surface area contributed by atoms with Crippen molar-refractivity contribution >= 4 is 35.0 Å². The summed E-state index contributed by atoms with van der Waals surface area (Å²) >= 11 is 12.5. The van der Waals surface area contributed by atoms with E-state index in [2.05, 4.69) is 12.2 Å². The third-order valence-corrected chi connectivity index (χ3v) is 7.21. The quantitative estimate of drug-likeness (QED) is 0.466. The summed E-state index contributed by atoms with van der Waals surface area (Å²) in [6, 6.07) is 11.0. The molecular weight excluding hydrogens is 455 g/mol. The molecule has 0 spiro atoms. The molecule has 0 aliphatic heterocycles. The fourth-order valence-corrected chi connectivity index (χ4v) is 4.96. The molecule has 0 saturated heterocycles. The van der Waals surface area contributed by atoms with Gasteiger partial charge in [-0.2, -0.15) is 0 Å². The van der Waals surface area contributed by atoms with Crippen LogP contribution in [0.15, 0.2) is 36.4 Å². The van der Waals surface area contributed by atoms with Crippen molar-refractivity contribution in [2.24, 2.45) is 0 Å². The van der Waals surface area contributed by atoms with E-state index < -0.39 is 6.04 Å². The van der Waals surface area contributed by atoms with Crippen LogP contribution in [0.25, 0.3) is 0 Å². The van der Waals surface area contributed by atoms with Gasteiger partial charge in [0.25, 0.3) is 0 Å². The average Bonchev–Trinajstić information content (AvgIpc) is 2.78. The minimum absolute atomic E-state index is 0.0806. The lowest BCUT2D eigenvalue weighted by Gasteiger charge is -2.33. The van der Waals surface area contributed by atoms with E-state index in [0.29, 0.717) is 16.5 Å². The molecule has 0 heterocycles. The molecule has 2 aromatic carbocycles. The second-order valence-corrected chi connectivity index (χ2v) is 9.96. The number of nitrogens with zero attached hydrogens (tertiary/aromatic N) is 1. The van der Waals surface area contributed by atoms with Crippen LogP contribution in [0.5, 0.6) is 0 Å². The molecule has 4 nitrogen and oxygen atoms in total. The largest absolute Gasteiger partial charge is 0.352 e. The Hall–Kier alpha value is -2.04. The molecule has 0 bridgehead atoms. The Morgan fingerprint density at radius 2 is 1.76 bits per heavy atom. The molecule has 1 aliphatic rings. The summed E-state index contributed by atoms with van der Waals surface area (Å²) in [6.45, 7) is 6.31. The van der Waals surface area contributed by atoms with Crippen molar-refractivity contribution in [3.8, 4) is 0 Å². The van der Waals surface area contributed by atoms with Crippen molar-refractivity contribution in [1.29, 1.82) is 0 Å². The number of hydrogen-bond donors (Lipinski definition) is 1. The molecule has 1 aliphatic carbocycles. The lowest BCUT2D eigenvalue weighted by Crippen LogP contribution is -2.52. The van der Waals surface area contributed by atoms with Gasteiger partial charge in [0, 0.05) is 22.6 Å². The minimum atomic E-state index is -0.558. The summed E-state index contributed by atoms with van der Waals surface area (Å²) < 4.78 is 0. The predicted molar refractivity (Wildman–Crippen MR) is 136 cm³/mol. The van der Waals surface area contributed by atoms with Gasteiger partial charge in [-0.25, -0.2) is 0 Å². The van der Waals surface area contributed by atoms with E-state index in [1.54, 1.807) is 17.0 Å². The predicted octanol–water partition coefficient (Wildman–Crippen LogP) is 6.41. The standard InChI is InChI=1S/C27H34Cl2N2O2/c1-4-25(27(33)30-23-8-6-5-7-9-23)31(17-21-12-13-22(28)16-24(21)29)26(32)15-20-11-10-18(2)19(3)14-20/h10-14,16,23,25H,4-9,15,17H2,1-3H3,(H,30,33)/t25-/m1/s1. The van der Waals surface area contributed by atoms with E-state index in [0.717, 1.165) is 42.4 Å². The summed E-state index contributed by atoms with van der Waals surface area (Å²) in [6.07, 6.45) is 6.26. The highest BCUT2D eigenvalue weighted by Gasteiger charge is 2.30. The van der Waals surface area contributed by atoms with Gasteiger partial charge in [-0.05, 0) is 67.5 Å². The number of carbonyl (C=O) groups is 2. The molecule has 1 N–H and O–H groups in total. The molecule has 33 heavy (non-hydrogen) atoms. The topological polar surface area (TPSA) is 49.4 Å². The average molecular weight is 489 g/mol. The van der Waals surface area contributed by atoms with Crippen LogP contribution < -0.4 is 5.32 Å². The van der Waals surface area contributed by atoms with Crippen LogP contribution >= 0.6 is 23.2 Å². The monoisotopic (exact) mass is 488 g/mol. The number of benzene rings is 2. The van der Waals surface area contributed by atoms with Crippen molar-refractivity contribution in [2.45, 2.75) is 84.3 Å². The van der Waals surface area contributed by atoms with Gasteiger partial charge >= 0.3 is 0 Å². The maximum atomic E-state index is 13.6. The van der Waals surface area contributed by atoms with Crippen molar-refractivity contribution in [3.63, 3.8) is 0 Å². The van der Waals surface area contributed by atoms with E-state index in [-0.39, 0.29) is 30.8 Å². The maximum Gasteiger partial charge on any atom is 0.243 e. The molecule has 0 unspecified atom stereocenters. The van der Waals surface area contributed by atoms with Crippen molar-refractivity contribution in [1.82, 2.24) is 10.2 Å². The van der Waals surface area contributed by atoms with Gasteiger partial charge in [0.2, 0.25) is 11.8 Å². The SMILES string of the molecule is CC[C@H](C(=O)NC1CCCCC1)N(Cc1ccc(Cl)cc1Cl)C(=O)Cc1ccc(C)c(C)c1. The number of carbonyl (C=O) groups excluding carboxylic acids is 2. The van der Waals surface area contributed by atoms with Gasteiger partial charge < -0.3 is 10.2 Å². The van der Waals surface area contributed by atoms with Gasteiger partial charge in [0.05, 0.1) is 6.42 Å². The third-order valence-electron chi connectivity index (χ3n) is 6.62. The van der Waals surface area contributed by atoms with Crippen molar-refractivity contribution < 1.29 is 9.59 Å². The lowest BCUT2D eigenvalue weighted by molar-refractivity contribution is -0.141. The summed E-state index contributed by atoms with van der Waals surface area (Å²) in [4.78, 5) is 28.6. The highest BCUT2D eigenvalue weighted by atomic mass is 35.5.